The molecule has 2 heterocycles. The van der Waals surface area contributed by atoms with Gasteiger partial charge in [-0.2, -0.15) is 0 Å². The average Bonchev–Trinajstić information content (AvgIpc) is 2.84. The van der Waals surface area contributed by atoms with Gasteiger partial charge < -0.3 is 10.6 Å². The third-order valence-electron chi connectivity index (χ3n) is 3.12. The Morgan fingerprint density at radius 2 is 2.53 bits per heavy atom. The summed E-state index contributed by atoms with van der Waals surface area (Å²) in [5.74, 6) is 1.11. The fourth-order valence-corrected chi connectivity index (χ4v) is 3.08. The minimum absolute atomic E-state index is 0.454. The summed E-state index contributed by atoms with van der Waals surface area (Å²) in [6.45, 7) is 5.24. The molecule has 1 aliphatic heterocycles. The van der Waals surface area contributed by atoms with E-state index in [1.807, 2.05) is 17.5 Å². The molecule has 84 valence electrons. The van der Waals surface area contributed by atoms with Gasteiger partial charge in [-0.05, 0) is 26.6 Å². The largest absolute Gasteiger partial charge is 0.330 e. The van der Waals surface area contributed by atoms with Crippen LogP contribution in [0.4, 0.5) is 0 Å². The third kappa shape index (κ3) is 2.38. The van der Waals surface area contributed by atoms with E-state index >= 15 is 0 Å². The van der Waals surface area contributed by atoms with E-state index in [-0.39, 0.29) is 0 Å². The molecule has 0 amide bonds. The van der Waals surface area contributed by atoms with Gasteiger partial charge in [-0.1, -0.05) is 6.92 Å². The molecule has 0 radical (unpaired) electrons. The van der Waals surface area contributed by atoms with Crippen molar-refractivity contribution in [3.63, 3.8) is 0 Å². The smallest absolute Gasteiger partial charge is 0.0971 e. The van der Waals surface area contributed by atoms with Gasteiger partial charge in [-0.15, -0.1) is 11.3 Å². The summed E-state index contributed by atoms with van der Waals surface area (Å²) in [6, 6.07) is 0. The van der Waals surface area contributed by atoms with E-state index in [0.717, 1.165) is 6.54 Å². The lowest BCUT2D eigenvalue weighted by molar-refractivity contribution is 0.411. The SMILES string of the molecule is CC(CN)c1cnc(C2CCN(C)C2)s1. The van der Waals surface area contributed by atoms with Crippen LogP contribution in [0.1, 0.15) is 35.1 Å². The van der Waals surface area contributed by atoms with Crippen molar-refractivity contribution in [1.29, 1.82) is 0 Å². The van der Waals surface area contributed by atoms with Crippen LogP contribution >= 0.6 is 11.3 Å². The molecule has 0 saturated carbocycles. The fraction of sp³-hybridized carbons (Fsp3) is 0.727. The molecule has 15 heavy (non-hydrogen) atoms. The van der Waals surface area contributed by atoms with Crippen molar-refractivity contribution < 1.29 is 0 Å². The number of aromatic nitrogens is 1. The Labute approximate surface area is 95.3 Å². The Balaban J connectivity index is 2.07. The Morgan fingerprint density at radius 1 is 1.73 bits per heavy atom. The molecular weight excluding hydrogens is 206 g/mol. The molecule has 4 heteroatoms. The summed E-state index contributed by atoms with van der Waals surface area (Å²) in [5, 5.41) is 1.30. The zero-order valence-electron chi connectivity index (χ0n) is 9.44. The predicted molar refractivity (Wildman–Crippen MR) is 64.4 cm³/mol. The summed E-state index contributed by atoms with van der Waals surface area (Å²) < 4.78 is 0. The molecule has 1 aromatic rings. The van der Waals surface area contributed by atoms with Crippen LogP contribution in [-0.2, 0) is 0 Å². The van der Waals surface area contributed by atoms with Gasteiger partial charge in [0, 0.05) is 29.5 Å². The van der Waals surface area contributed by atoms with Gasteiger partial charge in [0.05, 0.1) is 5.01 Å². The summed E-state index contributed by atoms with van der Waals surface area (Å²) >= 11 is 1.85. The average molecular weight is 225 g/mol. The molecule has 2 rings (SSSR count). The van der Waals surface area contributed by atoms with Crippen LogP contribution in [0.15, 0.2) is 6.20 Å². The van der Waals surface area contributed by atoms with Gasteiger partial charge in [-0.25, -0.2) is 4.98 Å². The first-order valence-corrected chi connectivity index (χ1v) is 6.36. The third-order valence-corrected chi connectivity index (χ3v) is 4.51. The Bertz CT molecular complexity index is 323. The van der Waals surface area contributed by atoms with E-state index in [0.29, 0.717) is 18.4 Å². The molecular formula is C11H19N3S. The zero-order valence-corrected chi connectivity index (χ0v) is 10.3. The van der Waals surface area contributed by atoms with Crippen LogP contribution in [0.5, 0.6) is 0 Å². The number of thiazole rings is 1. The van der Waals surface area contributed by atoms with Crippen molar-refractivity contribution in [2.24, 2.45) is 5.73 Å². The first kappa shape index (κ1) is 11.0. The molecule has 1 fully saturated rings. The quantitative estimate of drug-likeness (QED) is 0.850. The number of nitrogens with two attached hydrogens (primary N) is 1. The molecule has 2 unspecified atom stereocenters. The monoisotopic (exact) mass is 225 g/mol. The highest BCUT2D eigenvalue weighted by Gasteiger charge is 2.24. The normalized spacial score (nSPS) is 24.6. The molecule has 0 aromatic carbocycles. The highest BCUT2D eigenvalue weighted by atomic mass is 32.1. The van der Waals surface area contributed by atoms with E-state index in [9.17, 15) is 0 Å². The number of hydrogen-bond acceptors (Lipinski definition) is 4. The van der Waals surface area contributed by atoms with Gasteiger partial charge in [0.15, 0.2) is 0 Å². The van der Waals surface area contributed by atoms with Gasteiger partial charge in [0.25, 0.3) is 0 Å². The first-order valence-electron chi connectivity index (χ1n) is 5.55. The minimum atomic E-state index is 0.454. The van der Waals surface area contributed by atoms with Crippen molar-refractivity contribution in [3.8, 4) is 0 Å². The first-order chi connectivity index (χ1) is 7.20. The molecule has 1 aliphatic rings. The van der Waals surface area contributed by atoms with E-state index < -0.39 is 0 Å². The van der Waals surface area contributed by atoms with Crippen LogP contribution in [0.2, 0.25) is 0 Å². The van der Waals surface area contributed by atoms with Crippen molar-refractivity contribution in [1.82, 2.24) is 9.88 Å². The Hall–Kier alpha value is -0.450. The molecule has 3 nitrogen and oxygen atoms in total. The molecule has 2 atom stereocenters. The van der Waals surface area contributed by atoms with Crippen molar-refractivity contribution >= 4 is 11.3 Å². The van der Waals surface area contributed by atoms with E-state index in [2.05, 4.69) is 23.9 Å². The summed E-state index contributed by atoms with van der Waals surface area (Å²) in [4.78, 5) is 8.25. The standard InChI is InChI=1S/C11H19N3S/c1-8(5-12)10-6-13-11(15-10)9-3-4-14(2)7-9/h6,8-9H,3-5,7,12H2,1-2H3. The van der Waals surface area contributed by atoms with Gasteiger partial charge in [0.1, 0.15) is 0 Å². The minimum Gasteiger partial charge on any atom is -0.330 e. The summed E-state index contributed by atoms with van der Waals surface area (Å²) in [7, 11) is 2.18. The molecule has 0 bridgehead atoms. The van der Waals surface area contributed by atoms with Crippen molar-refractivity contribution in [2.75, 3.05) is 26.7 Å². The van der Waals surface area contributed by atoms with E-state index in [4.69, 9.17) is 5.73 Å². The second-order valence-corrected chi connectivity index (χ2v) is 5.58. The lowest BCUT2D eigenvalue weighted by atomic mass is 10.1. The molecule has 2 N–H and O–H groups in total. The molecule has 0 aliphatic carbocycles. The van der Waals surface area contributed by atoms with Gasteiger partial charge >= 0.3 is 0 Å². The Kier molecular flexibility index (Phi) is 3.38. The Morgan fingerprint density at radius 3 is 3.13 bits per heavy atom. The number of likely N-dealkylation sites (tertiary alicyclic amines) is 1. The van der Waals surface area contributed by atoms with Crippen LogP contribution in [0, 0.1) is 0 Å². The second-order valence-electron chi connectivity index (χ2n) is 4.49. The molecule has 1 saturated heterocycles. The van der Waals surface area contributed by atoms with Gasteiger partial charge in [-0.3, -0.25) is 0 Å². The van der Waals surface area contributed by atoms with Gasteiger partial charge in [0.2, 0.25) is 0 Å². The van der Waals surface area contributed by atoms with Crippen molar-refractivity contribution in [2.45, 2.75) is 25.2 Å². The zero-order chi connectivity index (χ0) is 10.8. The van der Waals surface area contributed by atoms with Crippen LogP contribution in [0.25, 0.3) is 0 Å². The van der Waals surface area contributed by atoms with Crippen molar-refractivity contribution in [3.05, 3.63) is 16.1 Å². The highest BCUT2D eigenvalue weighted by molar-refractivity contribution is 7.11. The lowest BCUT2D eigenvalue weighted by Crippen LogP contribution is -2.13. The maximum absolute atomic E-state index is 5.66. The van der Waals surface area contributed by atoms with Crippen LogP contribution in [-0.4, -0.2) is 36.6 Å². The summed E-state index contributed by atoms with van der Waals surface area (Å²) in [5.41, 5.74) is 5.66. The number of likely N-dealkylation sites (N-methyl/N-ethyl adjacent to an activating group) is 1. The van der Waals surface area contributed by atoms with Crippen LogP contribution in [0.3, 0.4) is 0 Å². The molecule has 0 spiro atoms. The number of nitrogens with zero attached hydrogens (tertiary/aromatic N) is 2. The van der Waals surface area contributed by atoms with E-state index in [1.165, 1.54) is 22.9 Å². The fourth-order valence-electron chi connectivity index (χ4n) is 1.97. The highest BCUT2D eigenvalue weighted by Crippen LogP contribution is 2.31. The topological polar surface area (TPSA) is 42.1 Å². The number of hydrogen-bond donors (Lipinski definition) is 1. The maximum Gasteiger partial charge on any atom is 0.0971 e. The van der Waals surface area contributed by atoms with Crippen LogP contribution < -0.4 is 5.73 Å². The van der Waals surface area contributed by atoms with E-state index in [1.54, 1.807) is 0 Å². The predicted octanol–water partition coefficient (Wildman–Crippen LogP) is 1.62. The summed E-state index contributed by atoms with van der Waals surface area (Å²) in [6.07, 6.45) is 3.26. The second kappa shape index (κ2) is 4.60. The maximum atomic E-state index is 5.66. The lowest BCUT2D eigenvalue weighted by Gasteiger charge is -2.07. The molecule has 1 aromatic heterocycles. The number of rotatable bonds is 3.